The maximum atomic E-state index is 14.6. The molecule has 0 fully saturated rings. The molecule has 1 aliphatic heterocycles. The largest absolute Gasteiger partial charge is 0.573 e. The van der Waals surface area contributed by atoms with Crippen LogP contribution in [0.15, 0.2) is 41.5 Å². The SMILES string of the molecule is COC(=O)C[C@H](NC(=O)CNC(=O)c1cc(NC2=NCC(F)CN2)c2cn[nH]c2c1)c1cc(OC(F)(F)F)ccc1F. The van der Waals surface area contributed by atoms with Crippen LogP contribution in [0, 0.1) is 5.82 Å². The number of aliphatic imine (C=N–C) groups is 1. The summed E-state index contributed by atoms with van der Waals surface area (Å²) in [7, 11) is 1.04. The Morgan fingerprint density at radius 2 is 1.98 bits per heavy atom. The number of amides is 2. The lowest BCUT2D eigenvalue weighted by Crippen LogP contribution is -2.41. The Kier molecular flexibility index (Phi) is 9.07. The van der Waals surface area contributed by atoms with Gasteiger partial charge >= 0.3 is 12.3 Å². The fourth-order valence-corrected chi connectivity index (χ4v) is 4.00. The van der Waals surface area contributed by atoms with Gasteiger partial charge in [0.05, 0.1) is 56.6 Å². The second-order valence-corrected chi connectivity index (χ2v) is 8.96. The van der Waals surface area contributed by atoms with Crippen LogP contribution in [0.4, 0.5) is 27.6 Å². The number of carbonyl (C=O) groups excluding carboxylic acids is 3. The summed E-state index contributed by atoms with van der Waals surface area (Å²) in [5, 5.41) is 17.7. The number of alkyl halides is 4. The van der Waals surface area contributed by atoms with Gasteiger partial charge in [-0.15, -0.1) is 13.2 Å². The van der Waals surface area contributed by atoms with Crippen molar-refractivity contribution in [3.63, 3.8) is 0 Å². The molecule has 1 aliphatic rings. The first-order valence-corrected chi connectivity index (χ1v) is 12.3. The van der Waals surface area contributed by atoms with Crippen molar-refractivity contribution in [2.75, 3.05) is 32.1 Å². The van der Waals surface area contributed by atoms with E-state index in [4.69, 9.17) is 0 Å². The highest BCUT2D eigenvalue weighted by Crippen LogP contribution is 2.29. The normalized spacial score (nSPS) is 15.7. The Balaban J connectivity index is 1.47. The van der Waals surface area contributed by atoms with Crippen molar-refractivity contribution in [1.29, 1.82) is 0 Å². The maximum absolute atomic E-state index is 14.6. The lowest BCUT2D eigenvalue weighted by atomic mass is 10.0. The predicted molar refractivity (Wildman–Crippen MR) is 138 cm³/mol. The van der Waals surface area contributed by atoms with Crippen molar-refractivity contribution in [2.24, 2.45) is 4.99 Å². The van der Waals surface area contributed by atoms with Crippen molar-refractivity contribution in [2.45, 2.75) is 25.0 Å². The number of esters is 1. The highest BCUT2D eigenvalue weighted by molar-refractivity contribution is 6.07. The van der Waals surface area contributed by atoms with Gasteiger partial charge in [-0.1, -0.05) is 0 Å². The molecule has 17 heteroatoms. The molecule has 0 spiro atoms. The number of hydrogen-bond acceptors (Lipinski definition) is 9. The number of benzene rings is 2. The predicted octanol–water partition coefficient (Wildman–Crippen LogP) is 2.46. The number of halogens is 5. The minimum absolute atomic E-state index is 0.0420. The second kappa shape index (κ2) is 12.7. The topological polar surface area (TPSA) is 159 Å². The lowest BCUT2D eigenvalue weighted by molar-refractivity contribution is -0.274. The van der Waals surface area contributed by atoms with Crippen molar-refractivity contribution in [3.05, 3.63) is 53.5 Å². The zero-order valence-corrected chi connectivity index (χ0v) is 21.8. The molecule has 2 atom stereocenters. The first kappa shape index (κ1) is 30.0. The highest BCUT2D eigenvalue weighted by Gasteiger charge is 2.32. The van der Waals surface area contributed by atoms with Crippen molar-refractivity contribution in [1.82, 2.24) is 26.1 Å². The first-order chi connectivity index (χ1) is 19.9. The molecule has 12 nitrogen and oxygen atoms in total. The number of hydrogen-bond donors (Lipinski definition) is 5. The summed E-state index contributed by atoms with van der Waals surface area (Å²) in [6.45, 7) is -0.636. The summed E-state index contributed by atoms with van der Waals surface area (Å²) in [5.41, 5.74) is 0.495. The molecule has 0 aliphatic carbocycles. The number of nitrogens with one attached hydrogen (secondary N) is 5. The molecule has 1 aromatic heterocycles. The van der Waals surface area contributed by atoms with Crippen LogP contribution >= 0.6 is 0 Å². The van der Waals surface area contributed by atoms with Gasteiger partial charge in [0.25, 0.3) is 5.91 Å². The second-order valence-electron chi connectivity index (χ2n) is 8.96. The summed E-state index contributed by atoms with van der Waals surface area (Å²) in [6.07, 6.45) is -5.32. The first-order valence-electron chi connectivity index (χ1n) is 12.3. The fraction of sp³-hybridized carbons (Fsp3) is 0.320. The molecule has 0 bridgehead atoms. The van der Waals surface area contributed by atoms with Gasteiger partial charge in [0.2, 0.25) is 5.91 Å². The zero-order chi connectivity index (χ0) is 30.4. The number of carbonyl (C=O) groups is 3. The lowest BCUT2D eigenvalue weighted by Gasteiger charge is -2.20. The monoisotopic (exact) mass is 597 g/mol. The van der Waals surface area contributed by atoms with E-state index in [1.165, 1.54) is 18.3 Å². The Morgan fingerprint density at radius 1 is 1.19 bits per heavy atom. The molecule has 5 N–H and O–H groups in total. The molecule has 2 aromatic carbocycles. The van der Waals surface area contributed by atoms with E-state index < -0.39 is 66.5 Å². The van der Waals surface area contributed by atoms with Gasteiger partial charge in [-0.2, -0.15) is 5.10 Å². The van der Waals surface area contributed by atoms with E-state index in [2.05, 4.69) is 45.9 Å². The average molecular weight is 598 g/mol. The van der Waals surface area contributed by atoms with Crippen LogP contribution < -0.4 is 26.0 Å². The van der Waals surface area contributed by atoms with E-state index in [-0.39, 0.29) is 24.6 Å². The highest BCUT2D eigenvalue weighted by atomic mass is 19.4. The van der Waals surface area contributed by atoms with Gasteiger partial charge in [-0.05, 0) is 30.3 Å². The minimum Gasteiger partial charge on any atom is -0.469 e. The third-order valence-electron chi connectivity index (χ3n) is 5.93. The Hall–Kier alpha value is -4.96. The van der Waals surface area contributed by atoms with Crippen molar-refractivity contribution < 1.29 is 45.8 Å². The van der Waals surface area contributed by atoms with Crippen LogP contribution in [0.2, 0.25) is 0 Å². The van der Waals surface area contributed by atoms with Gasteiger partial charge in [0.15, 0.2) is 5.96 Å². The van der Waals surface area contributed by atoms with Crippen LogP contribution in [0.3, 0.4) is 0 Å². The van der Waals surface area contributed by atoms with Gasteiger partial charge in [0.1, 0.15) is 17.7 Å². The number of rotatable bonds is 9. The van der Waals surface area contributed by atoms with Crippen LogP contribution in [0.25, 0.3) is 10.9 Å². The number of fused-ring (bicyclic) bond motifs is 1. The quantitative estimate of drug-likeness (QED) is 0.186. The van der Waals surface area contributed by atoms with Crippen molar-refractivity contribution in [3.8, 4) is 5.75 Å². The number of H-pyrrole nitrogens is 1. The number of aromatic nitrogens is 2. The van der Waals surface area contributed by atoms with Crippen molar-refractivity contribution >= 4 is 40.3 Å². The third-order valence-corrected chi connectivity index (χ3v) is 5.93. The summed E-state index contributed by atoms with van der Waals surface area (Å²) in [6, 6.07) is 3.59. The molecule has 0 saturated carbocycles. The molecule has 0 saturated heterocycles. The fourth-order valence-electron chi connectivity index (χ4n) is 4.00. The molecule has 1 unspecified atom stereocenters. The number of guanidine groups is 1. The van der Waals surface area contributed by atoms with Gasteiger partial charge < -0.3 is 30.7 Å². The van der Waals surface area contributed by atoms with Crippen LogP contribution in [0.1, 0.15) is 28.4 Å². The summed E-state index contributed by atoms with van der Waals surface area (Å²) in [4.78, 5) is 41.6. The molecule has 224 valence electrons. The Labute approximate surface area is 234 Å². The zero-order valence-electron chi connectivity index (χ0n) is 21.8. The molecule has 2 amide bonds. The molecule has 2 heterocycles. The third kappa shape index (κ3) is 7.82. The maximum Gasteiger partial charge on any atom is 0.573 e. The number of anilines is 1. The molecule has 42 heavy (non-hydrogen) atoms. The molecular weight excluding hydrogens is 573 g/mol. The number of aromatic amines is 1. The van der Waals surface area contributed by atoms with Gasteiger partial charge in [-0.25, -0.2) is 13.8 Å². The summed E-state index contributed by atoms with van der Waals surface area (Å²) < 4.78 is 74.3. The number of ether oxygens (including phenoxy) is 2. The Morgan fingerprint density at radius 3 is 2.67 bits per heavy atom. The Bertz CT molecular complexity index is 1510. The standard InChI is InChI=1S/C25H24F5N7O5/c1-41-22(39)7-19(15-6-14(2-3-17(15)27)42-25(28,29)30)35-21(38)11-31-23(40)12-4-18(16-10-34-37-20(16)5-12)36-24-32-8-13(26)9-33-24/h2-6,10,13,19H,7-9,11H2,1H3,(H,31,40)(H,34,37)(H,35,38)(H2,32,33,36)/t19-/m0/s1. The van der Waals surface area contributed by atoms with Gasteiger partial charge in [-0.3, -0.25) is 19.5 Å². The van der Waals surface area contributed by atoms with E-state index >= 15 is 0 Å². The number of methoxy groups -OCH3 is 1. The summed E-state index contributed by atoms with van der Waals surface area (Å²) >= 11 is 0. The average Bonchev–Trinajstić information content (AvgIpc) is 3.42. The molecule has 4 rings (SSSR count). The van der Waals surface area contributed by atoms with E-state index in [9.17, 15) is 36.3 Å². The van der Waals surface area contributed by atoms with E-state index in [0.29, 0.717) is 28.7 Å². The number of nitrogens with zero attached hydrogens (tertiary/aromatic N) is 2. The van der Waals surface area contributed by atoms with E-state index in [1.54, 1.807) is 0 Å². The van der Waals surface area contributed by atoms with E-state index in [1.807, 2.05) is 0 Å². The van der Waals surface area contributed by atoms with E-state index in [0.717, 1.165) is 13.2 Å². The van der Waals surface area contributed by atoms with Crippen LogP contribution in [-0.2, 0) is 14.3 Å². The van der Waals surface area contributed by atoms with Gasteiger partial charge in [0, 0.05) is 16.5 Å². The minimum atomic E-state index is -5.06. The molecule has 3 aromatic rings. The molecule has 0 radical (unpaired) electrons. The van der Waals surface area contributed by atoms with Crippen LogP contribution in [-0.4, -0.2) is 73.2 Å². The summed E-state index contributed by atoms with van der Waals surface area (Å²) in [5.74, 6) is -3.98. The van der Waals surface area contributed by atoms with Crippen LogP contribution in [0.5, 0.6) is 5.75 Å². The molecular formula is C25H24F5N7O5. The smallest absolute Gasteiger partial charge is 0.469 e.